The first-order valence-electron chi connectivity index (χ1n) is 8.57. The Morgan fingerprint density at radius 3 is 2.71 bits per heavy atom. The normalized spacial score (nSPS) is 20.6. The molecule has 24 heavy (non-hydrogen) atoms. The highest BCUT2D eigenvalue weighted by molar-refractivity contribution is 7.80. The molecule has 2 N–H and O–H groups in total. The quantitative estimate of drug-likeness (QED) is 0.802. The minimum absolute atomic E-state index is 0.0219. The number of amides is 1. The summed E-state index contributed by atoms with van der Waals surface area (Å²) in [6.45, 7) is 5.59. The van der Waals surface area contributed by atoms with Crippen molar-refractivity contribution in [1.29, 1.82) is 0 Å². The predicted molar refractivity (Wildman–Crippen MR) is 103 cm³/mol. The summed E-state index contributed by atoms with van der Waals surface area (Å²) >= 11 is 11.9. The third-order valence-electron chi connectivity index (χ3n) is 4.67. The molecule has 1 aliphatic carbocycles. The van der Waals surface area contributed by atoms with Crippen LogP contribution in [0.25, 0.3) is 0 Å². The number of nitrogens with zero attached hydrogens (tertiary/aromatic N) is 1. The van der Waals surface area contributed by atoms with E-state index < -0.39 is 0 Å². The van der Waals surface area contributed by atoms with Gasteiger partial charge in [0.15, 0.2) is 5.11 Å². The molecule has 1 aromatic rings. The average Bonchev–Trinajstić information content (AvgIpc) is 3.34. The Morgan fingerprint density at radius 1 is 1.29 bits per heavy atom. The average molecular weight is 366 g/mol. The maximum atomic E-state index is 12.3. The first-order valence-corrected chi connectivity index (χ1v) is 9.35. The molecule has 0 radical (unpaired) electrons. The van der Waals surface area contributed by atoms with Crippen LogP contribution < -0.4 is 10.6 Å². The van der Waals surface area contributed by atoms with E-state index in [1.807, 2.05) is 19.9 Å². The van der Waals surface area contributed by atoms with Gasteiger partial charge in [0.05, 0.1) is 16.6 Å². The molecule has 1 aromatic carbocycles. The molecule has 2 fully saturated rings. The number of halogens is 1. The van der Waals surface area contributed by atoms with Crippen molar-refractivity contribution < 1.29 is 4.79 Å². The van der Waals surface area contributed by atoms with Crippen molar-refractivity contribution in [2.45, 2.75) is 45.6 Å². The molecule has 130 valence electrons. The van der Waals surface area contributed by atoms with Gasteiger partial charge < -0.3 is 15.5 Å². The van der Waals surface area contributed by atoms with Gasteiger partial charge in [0.25, 0.3) is 0 Å². The lowest BCUT2D eigenvalue weighted by Crippen LogP contribution is -2.47. The van der Waals surface area contributed by atoms with Crippen molar-refractivity contribution in [3.63, 3.8) is 0 Å². The van der Waals surface area contributed by atoms with Crippen LogP contribution in [0.5, 0.6) is 0 Å². The van der Waals surface area contributed by atoms with E-state index in [4.69, 9.17) is 23.8 Å². The van der Waals surface area contributed by atoms with Crippen molar-refractivity contribution in [3.8, 4) is 0 Å². The summed E-state index contributed by atoms with van der Waals surface area (Å²) in [5.74, 6) is 0.197. The summed E-state index contributed by atoms with van der Waals surface area (Å²) in [4.78, 5) is 14.4. The Kier molecular flexibility index (Phi) is 5.30. The summed E-state index contributed by atoms with van der Waals surface area (Å²) in [6.07, 6.45) is 4.15. The van der Waals surface area contributed by atoms with Gasteiger partial charge >= 0.3 is 0 Å². The number of piperidine rings is 1. The third kappa shape index (κ3) is 4.19. The van der Waals surface area contributed by atoms with Gasteiger partial charge in [-0.25, -0.2) is 0 Å². The number of anilines is 1. The standard InChI is InChI=1S/C18H24ClN3OS/c1-11-8-12(2)16(15(19)9-11)21-18(24)22-7-3-4-13(10-22)17(23)20-14-5-6-14/h8-9,13-14H,3-7,10H2,1-2H3,(H,20,23)(H,21,24)/t13-/m0/s1. The van der Waals surface area contributed by atoms with E-state index in [0.717, 1.165) is 49.0 Å². The van der Waals surface area contributed by atoms with Crippen LogP contribution in [0.1, 0.15) is 36.8 Å². The predicted octanol–water partition coefficient (Wildman–Crippen LogP) is 3.64. The van der Waals surface area contributed by atoms with Crippen molar-refractivity contribution in [1.82, 2.24) is 10.2 Å². The van der Waals surface area contributed by atoms with Gasteiger partial charge in [-0.15, -0.1) is 0 Å². The Morgan fingerprint density at radius 2 is 2.04 bits per heavy atom. The molecule has 0 bridgehead atoms. The second-order valence-electron chi connectivity index (χ2n) is 6.94. The number of hydrogen-bond donors (Lipinski definition) is 2. The van der Waals surface area contributed by atoms with Crippen molar-refractivity contribution in [3.05, 3.63) is 28.3 Å². The van der Waals surface area contributed by atoms with Crippen molar-refractivity contribution in [2.75, 3.05) is 18.4 Å². The van der Waals surface area contributed by atoms with Crippen LogP contribution in [-0.2, 0) is 4.79 Å². The van der Waals surface area contributed by atoms with E-state index in [0.29, 0.717) is 22.7 Å². The Labute approximate surface area is 153 Å². The van der Waals surface area contributed by atoms with Gasteiger partial charge in [-0.3, -0.25) is 4.79 Å². The van der Waals surface area contributed by atoms with Crippen LogP contribution in [0, 0.1) is 19.8 Å². The molecule has 1 amide bonds. The minimum atomic E-state index is 0.0219. The number of carbonyl (C=O) groups is 1. The Bertz CT molecular complexity index is 637. The summed E-state index contributed by atoms with van der Waals surface area (Å²) in [5, 5.41) is 7.71. The number of thiocarbonyl (C=S) groups is 1. The van der Waals surface area contributed by atoms with E-state index in [2.05, 4.69) is 21.6 Å². The summed E-state index contributed by atoms with van der Waals surface area (Å²) < 4.78 is 0. The van der Waals surface area contributed by atoms with Gasteiger partial charge in [-0.2, -0.15) is 0 Å². The number of carbonyl (C=O) groups excluding carboxylic acids is 1. The van der Waals surface area contributed by atoms with Crippen molar-refractivity contribution in [2.24, 2.45) is 5.92 Å². The fraction of sp³-hybridized carbons (Fsp3) is 0.556. The van der Waals surface area contributed by atoms with Gasteiger partial charge in [-0.05, 0) is 68.9 Å². The highest BCUT2D eigenvalue weighted by Crippen LogP contribution is 2.28. The number of aryl methyl sites for hydroxylation is 2. The second kappa shape index (κ2) is 7.28. The highest BCUT2D eigenvalue weighted by atomic mass is 35.5. The summed E-state index contributed by atoms with van der Waals surface area (Å²) in [5.41, 5.74) is 3.06. The number of likely N-dealkylation sites (tertiary alicyclic amines) is 1. The molecule has 6 heteroatoms. The first kappa shape index (κ1) is 17.5. The maximum absolute atomic E-state index is 12.3. The zero-order valence-corrected chi connectivity index (χ0v) is 15.8. The molecule has 0 unspecified atom stereocenters. The fourth-order valence-corrected chi connectivity index (χ4v) is 3.82. The summed E-state index contributed by atoms with van der Waals surface area (Å²) in [6, 6.07) is 4.42. The lowest BCUT2D eigenvalue weighted by molar-refractivity contribution is -0.126. The van der Waals surface area contributed by atoms with Crippen LogP contribution in [0.15, 0.2) is 12.1 Å². The van der Waals surface area contributed by atoms with Crippen LogP contribution in [-0.4, -0.2) is 35.1 Å². The lowest BCUT2D eigenvalue weighted by atomic mass is 9.97. The van der Waals surface area contributed by atoms with E-state index >= 15 is 0 Å². The van der Waals surface area contributed by atoms with Gasteiger partial charge in [-0.1, -0.05) is 17.7 Å². The van der Waals surface area contributed by atoms with Crippen LogP contribution in [0.3, 0.4) is 0 Å². The Balaban J connectivity index is 1.63. The van der Waals surface area contributed by atoms with Gasteiger partial charge in [0.2, 0.25) is 5.91 Å². The molecule has 2 aliphatic rings. The number of rotatable bonds is 3. The van der Waals surface area contributed by atoms with E-state index in [-0.39, 0.29) is 11.8 Å². The Hall–Kier alpha value is -1.33. The molecule has 3 rings (SSSR count). The number of nitrogens with one attached hydrogen (secondary N) is 2. The van der Waals surface area contributed by atoms with Crippen LogP contribution in [0.4, 0.5) is 5.69 Å². The smallest absolute Gasteiger partial charge is 0.225 e. The molecule has 1 atom stereocenters. The number of benzene rings is 1. The van der Waals surface area contributed by atoms with Gasteiger partial charge in [0.1, 0.15) is 0 Å². The van der Waals surface area contributed by atoms with E-state index in [1.54, 1.807) is 0 Å². The monoisotopic (exact) mass is 365 g/mol. The summed E-state index contributed by atoms with van der Waals surface area (Å²) in [7, 11) is 0. The lowest BCUT2D eigenvalue weighted by Gasteiger charge is -2.34. The first-order chi connectivity index (χ1) is 11.4. The number of hydrogen-bond acceptors (Lipinski definition) is 2. The topological polar surface area (TPSA) is 44.4 Å². The van der Waals surface area contributed by atoms with Crippen LogP contribution in [0.2, 0.25) is 5.02 Å². The zero-order chi connectivity index (χ0) is 17.3. The highest BCUT2D eigenvalue weighted by Gasteiger charge is 2.31. The second-order valence-corrected chi connectivity index (χ2v) is 7.73. The molecule has 1 saturated carbocycles. The molecule has 1 saturated heterocycles. The van der Waals surface area contributed by atoms with E-state index in [1.165, 1.54) is 0 Å². The minimum Gasteiger partial charge on any atom is -0.353 e. The SMILES string of the molecule is Cc1cc(C)c(NC(=S)N2CCC[C@H](C(=O)NC3CC3)C2)c(Cl)c1. The zero-order valence-electron chi connectivity index (χ0n) is 14.2. The van der Waals surface area contributed by atoms with Crippen LogP contribution >= 0.6 is 23.8 Å². The van der Waals surface area contributed by atoms with Crippen molar-refractivity contribution >= 4 is 40.5 Å². The fourth-order valence-electron chi connectivity index (χ4n) is 3.18. The van der Waals surface area contributed by atoms with E-state index in [9.17, 15) is 4.79 Å². The third-order valence-corrected chi connectivity index (χ3v) is 5.33. The molecule has 1 heterocycles. The van der Waals surface area contributed by atoms with Gasteiger partial charge in [0, 0.05) is 19.1 Å². The molecular formula is C18H24ClN3OS. The molecule has 1 aliphatic heterocycles. The molecular weight excluding hydrogens is 342 g/mol. The molecule has 0 aromatic heterocycles. The molecule has 4 nitrogen and oxygen atoms in total. The maximum Gasteiger partial charge on any atom is 0.225 e. The largest absolute Gasteiger partial charge is 0.353 e. The molecule has 0 spiro atoms.